The van der Waals surface area contributed by atoms with E-state index in [1.165, 1.54) is 20.1 Å². The number of anilines is 1. The topological polar surface area (TPSA) is 84.7 Å². The Morgan fingerprint density at radius 3 is 2.38 bits per heavy atom. The summed E-state index contributed by atoms with van der Waals surface area (Å²) >= 11 is 6.15. The van der Waals surface area contributed by atoms with E-state index in [9.17, 15) is 17.6 Å². The zero-order valence-electron chi connectivity index (χ0n) is 20.2. The quantitative estimate of drug-likeness (QED) is 0.431. The number of aromatic nitrogens is 2. The Morgan fingerprint density at radius 2 is 1.73 bits per heavy atom. The fourth-order valence-corrected chi connectivity index (χ4v) is 6.54. The van der Waals surface area contributed by atoms with Crippen molar-refractivity contribution in [2.75, 3.05) is 43.5 Å². The van der Waals surface area contributed by atoms with Crippen LogP contribution in [0.25, 0.3) is 5.69 Å². The molecule has 0 amide bonds. The molecule has 0 unspecified atom stereocenters. The van der Waals surface area contributed by atoms with E-state index in [1.807, 2.05) is 17.0 Å². The predicted molar refractivity (Wildman–Crippen MR) is 141 cm³/mol. The lowest BCUT2D eigenvalue weighted by atomic mass is 10.1. The van der Waals surface area contributed by atoms with Crippen LogP contribution in [-0.4, -0.2) is 67.2 Å². The van der Waals surface area contributed by atoms with Crippen LogP contribution in [0.5, 0.6) is 5.75 Å². The summed E-state index contributed by atoms with van der Waals surface area (Å²) in [5.74, 6) is -0.0290. The molecule has 0 radical (unpaired) electrons. The van der Waals surface area contributed by atoms with Gasteiger partial charge in [0.25, 0.3) is 0 Å². The first-order valence-electron chi connectivity index (χ1n) is 12.3. The number of rotatable bonds is 8. The fraction of sp³-hybridized carbons (Fsp3) is 0.385. The number of fused-ring (bicyclic) bond motifs is 1. The van der Waals surface area contributed by atoms with Crippen LogP contribution in [-0.2, 0) is 22.9 Å². The minimum absolute atomic E-state index is 0.0179. The van der Waals surface area contributed by atoms with Gasteiger partial charge in [0, 0.05) is 44.0 Å². The van der Waals surface area contributed by atoms with Crippen molar-refractivity contribution < 1.29 is 17.5 Å². The second-order valence-electron chi connectivity index (χ2n) is 9.22. The van der Waals surface area contributed by atoms with Crippen molar-refractivity contribution in [2.45, 2.75) is 25.4 Å². The van der Waals surface area contributed by atoms with Crippen LogP contribution in [0.1, 0.15) is 17.5 Å². The Labute approximate surface area is 220 Å². The molecule has 0 saturated carbocycles. The van der Waals surface area contributed by atoms with Crippen molar-refractivity contribution >= 4 is 27.3 Å². The monoisotopic (exact) mass is 546 g/mol. The van der Waals surface area contributed by atoms with E-state index >= 15 is 0 Å². The summed E-state index contributed by atoms with van der Waals surface area (Å²) in [6, 6.07) is 15.0. The molecule has 1 aliphatic heterocycles. The largest absolute Gasteiger partial charge is 0.482 e. The number of hydrogen-bond donors (Lipinski definition) is 0. The number of sulfonamides is 1. The number of benzene rings is 2. The highest BCUT2D eigenvalue weighted by atomic mass is 35.5. The van der Waals surface area contributed by atoms with Crippen LogP contribution < -0.4 is 15.2 Å². The molecule has 1 saturated heterocycles. The van der Waals surface area contributed by atoms with Crippen LogP contribution in [0, 0.1) is 0 Å². The van der Waals surface area contributed by atoms with E-state index in [1.54, 1.807) is 30.5 Å². The standard InChI is InChI=1S/C26H28ClFN4O4S/c27-21-7-3-8-22(17-21)32-26(33)25(36-23-15-19-5-1-2-6-20(19)16-23)24(18-29-32)30-10-12-31(13-11-30)37(34,35)14-4-9-28/h1-3,5-8,17-18,23H,4,9-16H2. The van der Waals surface area contributed by atoms with Gasteiger partial charge >= 0.3 is 5.56 Å². The molecule has 1 fully saturated rings. The maximum absolute atomic E-state index is 13.7. The predicted octanol–water partition coefficient (Wildman–Crippen LogP) is 3.24. The number of piperazine rings is 1. The van der Waals surface area contributed by atoms with Gasteiger partial charge in [-0.3, -0.25) is 9.18 Å². The summed E-state index contributed by atoms with van der Waals surface area (Å²) in [5, 5.41) is 4.88. The van der Waals surface area contributed by atoms with Gasteiger partial charge in [0.05, 0.1) is 24.3 Å². The minimum atomic E-state index is -3.52. The van der Waals surface area contributed by atoms with E-state index in [0.717, 1.165) is 0 Å². The molecule has 0 spiro atoms. The van der Waals surface area contributed by atoms with Gasteiger partial charge in [-0.25, -0.2) is 8.42 Å². The summed E-state index contributed by atoms with van der Waals surface area (Å²) < 4.78 is 46.6. The molecule has 11 heteroatoms. The number of halogens is 2. The molecule has 3 aromatic rings. The van der Waals surface area contributed by atoms with E-state index in [2.05, 4.69) is 17.2 Å². The molecule has 0 atom stereocenters. The zero-order chi connectivity index (χ0) is 26.0. The maximum atomic E-state index is 13.7. The highest BCUT2D eigenvalue weighted by Gasteiger charge is 2.31. The number of hydrogen-bond acceptors (Lipinski definition) is 6. The summed E-state index contributed by atoms with van der Waals surface area (Å²) in [4.78, 5) is 15.6. The third-order valence-electron chi connectivity index (χ3n) is 6.77. The van der Waals surface area contributed by atoms with Crippen molar-refractivity contribution in [1.82, 2.24) is 14.1 Å². The Hall–Kier alpha value is -2.95. The lowest BCUT2D eigenvalue weighted by Crippen LogP contribution is -2.49. The zero-order valence-corrected chi connectivity index (χ0v) is 21.8. The Balaban J connectivity index is 1.44. The van der Waals surface area contributed by atoms with Gasteiger partial charge in [0.2, 0.25) is 15.8 Å². The maximum Gasteiger partial charge on any atom is 0.316 e. The molecule has 37 heavy (non-hydrogen) atoms. The van der Waals surface area contributed by atoms with Crippen LogP contribution in [0.4, 0.5) is 10.1 Å². The molecule has 0 bridgehead atoms. The first-order chi connectivity index (χ1) is 17.9. The second-order valence-corrected chi connectivity index (χ2v) is 11.7. The first kappa shape index (κ1) is 25.7. The van der Waals surface area contributed by atoms with E-state index < -0.39 is 22.3 Å². The fourth-order valence-electron chi connectivity index (χ4n) is 4.90. The third kappa shape index (κ3) is 5.51. The van der Waals surface area contributed by atoms with E-state index in [0.29, 0.717) is 42.3 Å². The second kappa shape index (κ2) is 10.8. The van der Waals surface area contributed by atoms with Crippen molar-refractivity contribution in [3.05, 3.63) is 81.2 Å². The highest BCUT2D eigenvalue weighted by Crippen LogP contribution is 2.31. The van der Waals surface area contributed by atoms with Gasteiger partial charge < -0.3 is 9.64 Å². The highest BCUT2D eigenvalue weighted by molar-refractivity contribution is 7.89. The lowest BCUT2D eigenvalue weighted by molar-refractivity contribution is 0.209. The summed E-state index contributed by atoms with van der Waals surface area (Å²) in [5.41, 5.74) is 3.04. The molecular weight excluding hydrogens is 519 g/mol. The molecule has 2 heterocycles. The van der Waals surface area contributed by atoms with Gasteiger partial charge in [0.15, 0.2) is 0 Å². The average molecular weight is 547 g/mol. The van der Waals surface area contributed by atoms with Crippen molar-refractivity contribution in [3.63, 3.8) is 0 Å². The van der Waals surface area contributed by atoms with Gasteiger partial charge in [-0.1, -0.05) is 41.9 Å². The van der Waals surface area contributed by atoms with E-state index in [4.69, 9.17) is 16.3 Å². The van der Waals surface area contributed by atoms with Gasteiger partial charge in [-0.15, -0.1) is 0 Å². The molecule has 5 rings (SSSR count). The summed E-state index contributed by atoms with van der Waals surface area (Å²) in [6.45, 7) is 0.525. The smallest absolute Gasteiger partial charge is 0.316 e. The molecular formula is C26H28ClFN4O4S. The molecule has 0 N–H and O–H groups in total. The van der Waals surface area contributed by atoms with Crippen molar-refractivity contribution in [1.29, 1.82) is 0 Å². The van der Waals surface area contributed by atoms with Gasteiger partial charge in [-0.05, 0) is 35.7 Å². The number of alkyl halides is 1. The Kier molecular flexibility index (Phi) is 7.50. The third-order valence-corrected chi connectivity index (χ3v) is 8.97. The van der Waals surface area contributed by atoms with Crippen molar-refractivity contribution in [3.8, 4) is 11.4 Å². The normalized spacial score (nSPS) is 16.6. The Morgan fingerprint density at radius 1 is 1.03 bits per heavy atom. The van der Waals surface area contributed by atoms with Crippen LogP contribution >= 0.6 is 11.6 Å². The van der Waals surface area contributed by atoms with Gasteiger partial charge in [0.1, 0.15) is 11.8 Å². The van der Waals surface area contributed by atoms with Crippen molar-refractivity contribution in [2.24, 2.45) is 0 Å². The van der Waals surface area contributed by atoms with Gasteiger partial charge in [-0.2, -0.15) is 14.1 Å². The molecule has 1 aromatic heterocycles. The average Bonchev–Trinajstić information content (AvgIpc) is 3.31. The van der Waals surface area contributed by atoms with Crippen LogP contribution in [0.3, 0.4) is 0 Å². The molecule has 1 aliphatic carbocycles. The minimum Gasteiger partial charge on any atom is -0.482 e. The molecule has 8 nitrogen and oxygen atoms in total. The van der Waals surface area contributed by atoms with Crippen LogP contribution in [0.2, 0.25) is 5.02 Å². The SMILES string of the molecule is O=c1c(OC2Cc3ccccc3C2)c(N2CCN(S(=O)(=O)CCCF)CC2)cnn1-c1cccc(Cl)c1. The molecule has 196 valence electrons. The summed E-state index contributed by atoms with van der Waals surface area (Å²) in [7, 11) is -3.52. The Bertz CT molecular complexity index is 1420. The lowest BCUT2D eigenvalue weighted by Gasteiger charge is -2.36. The molecule has 2 aromatic carbocycles. The molecule has 2 aliphatic rings. The van der Waals surface area contributed by atoms with Crippen LogP contribution in [0.15, 0.2) is 59.5 Å². The van der Waals surface area contributed by atoms with E-state index in [-0.39, 0.29) is 37.1 Å². The number of nitrogens with zero attached hydrogens (tertiary/aromatic N) is 4. The first-order valence-corrected chi connectivity index (χ1v) is 14.2. The number of ether oxygens (including phenoxy) is 1. The summed E-state index contributed by atoms with van der Waals surface area (Å²) in [6.07, 6.45) is 2.74.